The first-order chi connectivity index (χ1) is 14.6. The Kier molecular flexibility index (Phi) is 5.31. The van der Waals surface area contributed by atoms with Crippen LogP contribution in [0.2, 0.25) is 0 Å². The second-order valence-corrected chi connectivity index (χ2v) is 9.73. The van der Waals surface area contributed by atoms with Crippen LogP contribution in [0.25, 0.3) is 0 Å². The van der Waals surface area contributed by atoms with Crippen LogP contribution in [0.5, 0.6) is 0 Å². The molecule has 30 heavy (non-hydrogen) atoms. The Morgan fingerprint density at radius 1 is 1.20 bits per heavy atom. The third kappa shape index (κ3) is 3.34. The van der Waals surface area contributed by atoms with Gasteiger partial charge in [-0.25, -0.2) is 8.78 Å². The number of halogens is 2. The lowest BCUT2D eigenvalue weighted by Crippen LogP contribution is -2.56. The number of hydrogen-bond donors (Lipinski definition) is 1. The Hall–Kier alpha value is -1.92. The number of piperidine rings is 1. The molecule has 2 aromatic rings. The van der Waals surface area contributed by atoms with Crippen LogP contribution < -0.4 is 10.2 Å². The SMILES string of the molecule is O=C(CCCC12CCNCC1c1cc(F)cc3c1N2CCCS3)c1ccc(F)cc1. The average molecular weight is 429 g/mol. The van der Waals surface area contributed by atoms with Crippen molar-refractivity contribution in [2.75, 3.05) is 30.3 Å². The molecule has 0 spiro atoms. The minimum absolute atomic E-state index is 0.0515. The van der Waals surface area contributed by atoms with Crippen molar-refractivity contribution in [3.63, 3.8) is 0 Å². The number of carbonyl (C=O) groups is 1. The number of nitrogens with one attached hydrogen (secondary N) is 1. The number of ketones is 1. The molecule has 0 radical (unpaired) electrons. The van der Waals surface area contributed by atoms with Crippen LogP contribution in [0.15, 0.2) is 41.3 Å². The maximum atomic E-state index is 14.4. The molecule has 1 fully saturated rings. The van der Waals surface area contributed by atoms with Gasteiger partial charge in [0.05, 0.1) is 5.69 Å². The van der Waals surface area contributed by atoms with E-state index in [1.807, 2.05) is 0 Å². The number of rotatable bonds is 5. The molecule has 158 valence electrons. The predicted octanol–water partition coefficient (Wildman–Crippen LogP) is 5.15. The zero-order chi connectivity index (χ0) is 20.7. The summed E-state index contributed by atoms with van der Waals surface area (Å²) in [5.74, 6) is 0.842. The third-order valence-corrected chi connectivity index (χ3v) is 8.06. The molecule has 0 aliphatic carbocycles. The van der Waals surface area contributed by atoms with Crippen LogP contribution in [0.1, 0.15) is 53.9 Å². The summed E-state index contributed by atoms with van der Waals surface area (Å²) in [6.07, 6.45) is 4.22. The van der Waals surface area contributed by atoms with Gasteiger partial charge in [-0.3, -0.25) is 4.79 Å². The highest BCUT2D eigenvalue weighted by molar-refractivity contribution is 7.99. The van der Waals surface area contributed by atoms with Gasteiger partial charge >= 0.3 is 0 Å². The lowest BCUT2D eigenvalue weighted by Gasteiger charge is -2.47. The molecule has 0 amide bonds. The second kappa shape index (κ2) is 7.97. The molecule has 0 saturated carbocycles. The molecule has 2 atom stereocenters. The average Bonchev–Trinajstić information content (AvgIpc) is 2.86. The minimum atomic E-state index is -0.325. The van der Waals surface area contributed by atoms with Crippen LogP contribution >= 0.6 is 11.8 Å². The quantitative estimate of drug-likeness (QED) is 0.668. The van der Waals surface area contributed by atoms with Gasteiger partial charge in [0.15, 0.2) is 5.78 Å². The fraction of sp³-hybridized carbons (Fsp3) is 0.458. The summed E-state index contributed by atoms with van der Waals surface area (Å²) in [7, 11) is 0. The van der Waals surface area contributed by atoms with Crippen molar-refractivity contribution < 1.29 is 13.6 Å². The van der Waals surface area contributed by atoms with Crippen molar-refractivity contribution in [1.82, 2.24) is 5.32 Å². The Bertz CT molecular complexity index is 964. The first-order valence-corrected chi connectivity index (χ1v) is 11.8. The molecule has 3 aliphatic heterocycles. The monoisotopic (exact) mass is 428 g/mol. The van der Waals surface area contributed by atoms with Gasteiger partial charge in [-0.2, -0.15) is 0 Å². The maximum absolute atomic E-state index is 14.4. The van der Waals surface area contributed by atoms with Crippen LogP contribution in [0, 0.1) is 11.6 Å². The van der Waals surface area contributed by atoms with Crippen LogP contribution in [0.3, 0.4) is 0 Å². The standard InChI is InChI=1S/C24H26F2N2OS/c25-17-6-4-16(5-7-17)21(29)3-1-8-24-9-10-27-15-20(24)19-13-18(26)14-22-23(19)28(24)11-2-12-30-22/h4-7,13-14,20,27H,1-3,8-12,15H2. The zero-order valence-corrected chi connectivity index (χ0v) is 17.7. The molecule has 0 aromatic heterocycles. The van der Waals surface area contributed by atoms with E-state index in [2.05, 4.69) is 10.2 Å². The molecule has 2 aromatic carbocycles. The number of thioether (sulfide) groups is 1. The summed E-state index contributed by atoms with van der Waals surface area (Å²) in [4.78, 5) is 16.2. The summed E-state index contributed by atoms with van der Waals surface area (Å²) in [6, 6.07) is 9.24. The van der Waals surface area contributed by atoms with Gasteiger partial charge < -0.3 is 10.2 Å². The van der Waals surface area contributed by atoms with Crippen molar-refractivity contribution in [3.8, 4) is 0 Å². The molecule has 0 bridgehead atoms. The molecular weight excluding hydrogens is 402 g/mol. The summed E-state index contributed by atoms with van der Waals surface area (Å²) in [5, 5.41) is 3.51. The normalized spacial score (nSPS) is 24.9. The Morgan fingerprint density at radius 2 is 2.03 bits per heavy atom. The van der Waals surface area contributed by atoms with Gasteiger partial charge in [-0.05, 0) is 79.9 Å². The smallest absolute Gasteiger partial charge is 0.162 e. The molecule has 2 unspecified atom stereocenters. The fourth-order valence-electron chi connectivity index (χ4n) is 5.63. The van der Waals surface area contributed by atoms with Crippen molar-refractivity contribution in [2.24, 2.45) is 0 Å². The van der Waals surface area contributed by atoms with E-state index in [1.54, 1.807) is 36.0 Å². The van der Waals surface area contributed by atoms with E-state index in [-0.39, 0.29) is 28.9 Å². The highest BCUT2D eigenvalue weighted by atomic mass is 32.2. The maximum Gasteiger partial charge on any atom is 0.162 e. The fourth-order valence-corrected chi connectivity index (χ4v) is 6.68. The van der Waals surface area contributed by atoms with Gasteiger partial charge in [0.25, 0.3) is 0 Å². The van der Waals surface area contributed by atoms with Crippen molar-refractivity contribution in [1.29, 1.82) is 0 Å². The summed E-state index contributed by atoms with van der Waals surface area (Å²) < 4.78 is 27.6. The number of fused-ring (bicyclic) bond motifs is 3. The zero-order valence-electron chi connectivity index (χ0n) is 16.9. The van der Waals surface area contributed by atoms with Crippen molar-refractivity contribution in [2.45, 2.75) is 48.5 Å². The molecule has 1 N–H and O–H groups in total. The van der Waals surface area contributed by atoms with Gasteiger partial charge in [0, 0.05) is 41.4 Å². The van der Waals surface area contributed by atoms with Crippen LogP contribution in [-0.2, 0) is 0 Å². The van der Waals surface area contributed by atoms with E-state index in [4.69, 9.17) is 0 Å². The predicted molar refractivity (Wildman–Crippen MR) is 117 cm³/mol. The molecule has 3 aliphatic rings. The van der Waals surface area contributed by atoms with Gasteiger partial charge in [0.1, 0.15) is 11.6 Å². The molecule has 5 rings (SSSR count). The summed E-state index contributed by atoms with van der Waals surface area (Å²) in [5.41, 5.74) is 2.89. The van der Waals surface area contributed by atoms with Gasteiger partial charge in [-0.15, -0.1) is 11.8 Å². The molecule has 3 nitrogen and oxygen atoms in total. The molecule has 1 saturated heterocycles. The van der Waals surface area contributed by atoms with E-state index in [0.29, 0.717) is 12.0 Å². The van der Waals surface area contributed by atoms with E-state index in [0.717, 1.165) is 61.5 Å². The Morgan fingerprint density at radius 3 is 2.87 bits per heavy atom. The highest BCUT2D eigenvalue weighted by Crippen LogP contribution is 2.56. The lowest BCUT2D eigenvalue weighted by atomic mass is 9.73. The number of nitrogens with zero attached hydrogens (tertiary/aromatic N) is 1. The first-order valence-electron chi connectivity index (χ1n) is 10.8. The Balaban J connectivity index is 1.40. The highest BCUT2D eigenvalue weighted by Gasteiger charge is 2.53. The van der Waals surface area contributed by atoms with Crippen molar-refractivity contribution in [3.05, 3.63) is 59.2 Å². The molecule has 6 heteroatoms. The number of carbonyl (C=O) groups excluding carboxylic acids is 1. The van der Waals surface area contributed by atoms with Gasteiger partial charge in [-0.1, -0.05) is 0 Å². The molecular formula is C24H26F2N2OS. The topological polar surface area (TPSA) is 32.3 Å². The lowest BCUT2D eigenvalue weighted by molar-refractivity contribution is 0.0974. The first kappa shape index (κ1) is 20.0. The van der Waals surface area contributed by atoms with Crippen molar-refractivity contribution >= 4 is 23.2 Å². The number of hydrogen-bond acceptors (Lipinski definition) is 4. The Labute approximate surface area is 180 Å². The number of Topliss-reactive ketones (excluding diaryl/α,β-unsaturated/α-hetero) is 1. The summed E-state index contributed by atoms with van der Waals surface area (Å²) >= 11 is 1.77. The van der Waals surface area contributed by atoms with E-state index in [9.17, 15) is 13.6 Å². The van der Waals surface area contributed by atoms with E-state index >= 15 is 0 Å². The van der Waals surface area contributed by atoms with Gasteiger partial charge in [0.2, 0.25) is 0 Å². The largest absolute Gasteiger partial charge is 0.364 e. The minimum Gasteiger partial charge on any atom is -0.364 e. The molecule has 3 heterocycles. The van der Waals surface area contributed by atoms with E-state index < -0.39 is 0 Å². The number of anilines is 1. The third-order valence-electron chi connectivity index (χ3n) is 6.95. The van der Waals surface area contributed by atoms with Crippen LogP contribution in [0.4, 0.5) is 14.5 Å². The second-order valence-electron chi connectivity index (χ2n) is 8.59. The van der Waals surface area contributed by atoms with Crippen LogP contribution in [-0.4, -0.2) is 36.7 Å². The van der Waals surface area contributed by atoms with E-state index in [1.165, 1.54) is 17.8 Å². The summed E-state index contributed by atoms with van der Waals surface area (Å²) in [6.45, 7) is 2.78. The number of benzene rings is 2.